The fourth-order valence-corrected chi connectivity index (χ4v) is 2.95. The highest BCUT2D eigenvalue weighted by molar-refractivity contribution is 14.0. The second-order valence-corrected chi connectivity index (χ2v) is 6.38. The van der Waals surface area contributed by atoms with Crippen LogP contribution in [-0.2, 0) is 19.4 Å². The molecule has 0 aliphatic rings. The predicted molar refractivity (Wildman–Crippen MR) is 110 cm³/mol. The number of aryl methyl sites for hydroxylation is 1. The molecule has 0 saturated heterocycles. The third-order valence-corrected chi connectivity index (χ3v) is 4.54. The smallest absolute Gasteiger partial charge is 0.191 e. The van der Waals surface area contributed by atoms with Gasteiger partial charge >= 0.3 is 0 Å². The van der Waals surface area contributed by atoms with E-state index in [1.165, 1.54) is 10.9 Å². The van der Waals surface area contributed by atoms with Crippen molar-refractivity contribution in [3.05, 3.63) is 51.5 Å². The summed E-state index contributed by atoms with van der Waals surface area (Å²) in [5.41, 5.74) is 0.236. The number of benzene rings is 1. The van der Waals surface area contributed by atoms with Crippen LogP contribution in [0.5, 0.6) is 0 Å². The van der Waals surface area contributed by atoms with E-state index in [9.17, 15) is 8.78 Å². The number of hydrogen-bond donors (Lipinski definition) is 2. The van der Waals surface area contributed by atoms with Crippen molar-refractivity contribution in [2.75, 3.05) is 13.1 Å². The molecule has 0 unspecified atom stereocenters. The number of aliphatic imine (C=N–C) groups is 1. The van der Waals surface area contributed by atoms with Gasteiger partial charge in [0.2, 0.25) is 0 Å². The molecule has 0 radical (unpaired) electrons. The monoisotopic (exact) mass is 480 g/mol. The van der Waals surface area contributed by atoms with Crippen LogP contribution in [0.25, 0.3) is 0 Å². The molecule has 0 bridgehead atoms. The highest BCUT2D eigenvalue weighted by atomic mass is 127. The summed E-state index contributed by atoms with van der Waals surface area (Å²) in [6.07, 6.45) is 3.70. The van der Waals surface area contributed by atoms with Gasteiger partial charge in [0, 0.05) is 36.1 Å². The summed E-state index contributed by atoms with van der Waals surface area (Å²) in [4.78, 5) is 9.95. The van der Waals surface area contributed by atoms with Gasteiger partial charge in [-0.3, -0.25) is 0 Å². The highest BCUT2D eigenvalue weighted by Gasteiger charge is 2.05. The molecule has 0 spiro atoms. The molecule has 0 fully saturated rings. The normalized spacial score (nSPS) is 11.1. The average Bonchev–Trinajstić information content (AvgIpc) is 3.03. The summed E-state index contributed by atoms with van der Waals surface area (Å²) < 4.78 is 26.8. The van der Waals surface area contributed by atoms with E-state index in [-0.39, 0.29) is 36.1 Å². The minimum Gasteiger partial charge on any atom is -0.357 e. The molecule has 0 saturated carbocycles. The largest absolute Gasteiger partial charge is 0.357 e. The molecule has 8 heteroatoms. The van der Waals surface area contributed by atoms with Crippen LogP contribution >= 0.6 is 35.3 Å². The third kappa shape index (κ3) is 7.23. The van der Waals surface area contributed by atoms with Crippen LogP contribution in [0, 0.1) is 11.6 Å². The summed E-state index contributed by atoms with van der Waals surface area (Å²) in [6, 6.07) is 3.39. The average molecular weight is 480 g/mol. The van der Waals surface area contributed by atoms with Gasteiger partial charge in [0.15, 0.2) is 5.96 Å². The topological polar surface area (TPSA) is 49.3 Å². The van der Waals surface area contributed by atoms with Crippen LogP contribution in [0.1, 0.15) is 29.3 Å². The van der Waals surface area contributed by atoms with Gasteiger partial charge in [-0.1, -0.05) is 6.92 Å². The zero-order valence-electron chi connectivity index (χ0n) is 14.3. The van der Waals surface area contributed by atoms with Gasteiger partial charge in [0.05, 0.1) is 11.6 Å². The van der Waals surface area contributed by atoms with Gasteiger partial charge in [-0.2, -0.15) is 0 Å². The standard InChI is InChI=1S/C17H22F2N4S.HI/c1-3-14-11-22-16(24-14)7-8-21-17(20-4-2)23-10-12-9-13(18)5-6-15(12)19;/h5-6,9,11H,3-4,7-8,10H2,1-2H3,(H2,20,21,23);1H. The van der Waals surface area contributed by atoms with Crippen LogP contribution in [0.3, 0.4) is 0 Å². The van der Waals surface area contributed by atoms with Gasteiger partial charge in [-0.15, -0.1) is 35.3 Å². The Balaban J connectivity index is 0.00000312. The molecule has 138 valence electrons. The Bertz CT molecular complexity index is 691. The fraction of sp³-hybridized carbons (Fsp3) is 0.412. The van der Waals surface area contributed by atoms with E-state index in [4.69, 9.17) is 0 Å². The Morgan fingerprint density at radius 3 is 2.72 bits per heavy atom. The van der Waals surface area contributed by atoms with Gasteiger partial charge in [0.25, 0.3) is 0 Å². The SMILES string of the molecule is CCNC(=NCc1cc(F)ccc1F)NCCc1ncc(CC)s1.I. The zero-order chi connectivity index (χ0) is 17.4. The maximum Gasteiger partial charge on any atom is 0.191 e. The molecule has 2 aromatic rings. The Kier molecular flexibility index (Phi) is 9.88. The van der Waals surface area contributed by atoms with Crippen LogP contribution in [-0.4, -0.2) is 24.0 Å². The Morgan fingerprint density at radius 2 is 2.04 bits per heavy atom. The Morgan fingerprint density at radius 1 is 1.24 bits per heavy atom. The van der Waals surface area contributed by atoms with Crippen LogP contribution in [0.4, 0.5) is 8.78 Å². The van der Waals surface area contributed by atoms with Gasteiger partial charge in [-0.25, -0.2) is 18.8 Å². The number of aromatic nitrogens is 1. The van der Waals surface area contributed by atoms with Crippen LogP contribution < -0.4 is 10.6 Å². The maximum absolute atomic E-state index is 13.6. The number of nitrogens with one attached hydrogen (secondary N) is 2. The molecular weight excluding hydrogens is 457 g/mol. The van der Waals surface area contributed by atoms with Crippen molar-refractivity contribution in [2.24, 2.45) is 4.99 Å². The molecule has 1 heterocycles. The fourth-order valence-electron chi connectivity index (χ4n) is 2.09. The minimum atomic E-state index is -0.463. The lowest BCUT2D eigenvalue weighted by Gasteiger charge is -2.10. The molecule has 0 aliphatic carbocycles. The van der Waals surface area contributed by atoms with Crippen molar-refractivity contribution in [1.29, 1.82) is 0 Å². The lowest BCUT2D eigenvalue weighted by Crippen LogP contribution is -2.38. The molecule has 0 amide bonds. The van der Waals surface area contributed by atoms with Crippen molar-refractivity contribution < 1.29 is 8.78 Å². The van der Waals surface area contributed by atoms with Crippen molar-refractivity contribution >= 4 is 41.3 Å². The van der Waals surface area contributed by atoms with Crippen molar-refractivity contribution in [1.82, 2.24) is 15.6 Å². The first kappa shape index (κ1) is 21.8. The van der Waals surface area contributed by atoms with E-state index in [0.717, 1.165) is 30.0 Å². The summed E-state index contributed by atoms with van der Waals surface area (Å²) in [6.45, 7) is 5.50. The molecular formula is C17H23F2IN4S. The first-order chi connectivity index (χ1) is 11.6. The Labute approximate surface area is 168 Å². The quantitative estimate of drug-likeness (QED) is 0.359. The number of thiazole rings is 1. The first-order valence-corrected chi connectivity index (χ1v) is 8.83. The van der Waals surface area contributed by atoms with E-state index in [1.807, 2.05) is 13.1 Å². The van der Waals surface area contributed by atoms with Crippen molar-refractivity contribution in [3.63, 3.8) is 0 Å². The van der Waals surface area contributed by atoms with Gasteiger partial charge < -0.3 is 10.6 Å². The second kappa shape index (κ2) is 11.3. The van der Waals surface area contributed by atoms with E-state index in [1.54, 1.807) is 11.3 Å². The lowest BCUT2D eigenvalue weighted by molar-refractivity contribution is 0.585. The number of guanidine groups is 1. The summed E-state index contributed by atoms with van der Waals surface area (Å²) in [5.74, 6) is -0.339. The van der Waals surface area contributed by atoms with Gasteiger partial charge in [0.1, 0.15) is 11.6 Å². The van der Waals surface area contributed by atoms with E-state index < -0.39 is 11.6 Å². The summed E-state index contributed by atoms with van der Waals surface area (Å²) in [7, 11) is 0. The zero-order valence-corrected chi connectivity index (χ0v) is 17.5. The molecule has 2 N–H and O–H groups in total. The number of nitrogens with zero attached hydrogens (tertiary/aromatic N) is 2. The Hall–Kier alpha value is -1.29. The van der Waals surface area contributed by atoms with Crippen LogP contribution in [0.2, 0.25) is 0 Å². The number of halogens is 3. The molecule has 0 atom stereocenters. The molecule has 2 rings (SSSR count). The molecule has 25 heavy (non-hydrogen) atoms. The van der Waals surface area contributed by atoms with E-state index >= 15 is 0 Å². The maximum atomic E-state index is 13.6. The van der Waals surface area contributed by atoms with Crippen molar-refractivity contribution in [2.45, 2.75) is 33.2 Å². The lowest BCUT2D eigenvalue weighted by atomic mass is 10.2. The van der Waals surface area contributed by atoms with E-state index in [0.29, 0.717) is 19.0 Å². The summed E-state index contributed by atoms with van der Waals surface area (Å²) in [5, 5.41) is 7.36. The van der Waals surface area contributed by atoms with Crippen molar-refractivity contribution in [3.8, 4) is 0 Å². The molecule has 1 aromatic heterocycles. The summed E-state index contributed by atoms with van der Waals surface area (Å²) >= 11 is 1.71. The number of rotatable bonds is 7. The molecule has 1 aromatic carbocycles. The predicted octanol–water partition coefficient (Wildman–Crippen LogP) is 3.90. The van der Waals surface area contributed by atoms with E-state index in [2.05, 4.69) is 27.5 Å². The highest BCUT2D eigenvalue weighted by Crippen LogP contribution is 2.13. The molecule has 4 nitrogen and oxygen atoms in total. The molecule has 0 aliphatic heterocycles. The second-order valence-electron chi connectivity index (χ2n) is 5.18. The number of hydrogen-bond acceptors (Lipinski definition) is 3. The van der Waals surface area contributed by atoms with Crippen LogP contribution in [0.15, 0.2) is 29.4 Å². The third-order valence-electron chi connectivity index (χ3n) is 3.34. The first-order valence-electron chi connectivity index (χ1n) is 8.02. The van der Waals surface area contributed by atoms with Gasteiger partial charge in [-0.05, 0) is 31.5 Å². The minimum absolute atomic E-state index is 0.